The molecule has 2 saturated carbocycles. The highest BCUT2D eigenvalue weighted by Crippen LogP contribution is 2.57. The maximum Gasteiger partial charge on any atom is 0.426 e. The van der Waals surface area contributed by atoms with Crippen molar-refractivity contribution < 1.29 is 41.0 Å². The first-order chi connectivity index (χ1) is 12.7. The van der Waals surface area contributed by atoms with Crippen molar-refractivity contribution in [3.8, 4) is 0 Å². The Morgan fingerprint density at radius 3 is 2.00 bits per heavy atom. The van der Waals surface area contributed by atoms with Crippen molar-refractivity contribution in [1.29, 1.82) is 0 Å². The number of esters is 1. The van der Waals surface area contributed by atoms with Crippen LogP contribution in [0.15, 0.2) is 0 Å². The molecule has 0 amide bonds. The number of alkyl halides is 7. The van der Waals surface area contributed by atoms with Gasteiger partial charge in [0.2, 0.25) is 0 Å². The number of rotatable bonds is 6. The highest BCUT2D eigenvalue weighted by Gasteiger charge is 2.71. The number of halogens is 7. The average molecular weight is 529 g/mol. The van der Waals surface area contributed by atoms with Crippen molar-refractivity contribution in [1.82, 2.24) is 5.32 Å². The van der Waals surface area contributed by atoms with Crippen LogP contribution in [0.3, 0.4) is 0 Å². The Balaban J connectivity index is 1.56. The van der Waals surface area contributed by atoms with E-state index < -0.39 is 33.7 Å². The zero-order chi connectivity index (χ0) is 21.1. The summed E-state index contributed by atoms with van der Waals surface area (Å²) in [5.74, 6) is -1.70. The van der Waals surface area contributed by atoms with Gasteiger partial charge in [-0.2, -0.15) is 26.3 Å². The van der Waals surface area contributed by atoms with Crippen LogP contribution in [0.25, 0.3) is 0 Å². The van der Waals surface area contributed by atoms with E-state index in [2.05, 4.69) is 5.32 Å². The zero-order valence-corrected chi connectivity index (χ0v) is 17.2. The molecule has 3 aliphatic rings. The number of ether oxygens (including phenoxy) is 1. The lowest BCUT2D eigenvalue weighted by Gasteiger charge is -2.37. The summed E-state index contributed by atoms with van der Waals surface area (Å²) < 4.78 is 82.3. The van der Waals surface area contributed by atoms with Crippen molar-refractivity contribution in [2.45, 2.75) is 60.0 Å². The van der Waals surface area contributed by atoms with Crippen LogP contribution in [0.4, 0.5) is 26.3 Å². The van der Waals surface area contributed by atoms with Crippen LogP contribution in [0.5, 0.6) is 0 Å². The quantitative estimate of drug-likeness (QED) is 0.182. The van der Waals surface area contributed by atoms with Crippen molar-refractivity contribution in [3.05, 3.63) is 0 Å². The molecule has 2 N–H and O–H groups in total. The molecular weight excluding hydrogens is 507 g/mol. The molecule has 2 bridgehead atoms. The van der Waals surface area contributed by atoms with Crippen LogP contribution in [-0.2, 0) is 9.53 Å². The van der Waals surface area contributed by atoms with E-state index in [0.29, 0.717) is 12.8 Å². The van der Waals surface area contributed by atoms with E-state index in [1.165, 1.54) is 0 Å². The third-order valence-corrected chi connectivity index (χ3v) is 7.73. The highest BCUT2D eigenvalue weighted by atomic mass is 127. The molecule has 0 spiro atoms. The minimum atomic E-state index is -5.77. The Labute approximate surface area is 171 Å². The number of nitrogens with one attached hydrogen (secondary N) is 1. The normalized spacial score (nSPS) is 35.0. The Morgan fingerprint density at radius 1 is 1.07 bits per heavy atom. The number of hydrogen-bond donors (Lipinski definition) is 2. The van der Waals surface area contributed by atoms with E-state index >= 15 is 0 Å². The molecule has 1 aliphatic heterocycles. The van der Waals surface area contributed by atoms with E-state index in [1.807, 2.05) is 22.6 Å². The Bertz CT molecular complexity index is 605. The van der Waals surface area contributed by atoms with E-state index in [0.717, 1.165) is 6.54 Å². The predicted molar refractivity (Wildman–Crippen MR) is 94.7 cm³/mol. The van der Waals surface area contributed by atoms with Gasteiger partial charge in [-0.1, -0.05) is 22.6 Å². The van der Waals surface area contributed by atoms with Gasteiger partial charge >= 0.3 is 18.3 Å². The Morgan fingerprint density at radius 2 is 1.57 bits per heavy atom. The minimum Gasteiger partial charge on any atom is -0.464 e. The van der Waals surface area contributed by atoms with Crippen LogP contribution < -0.4 is 5.32 Å². The molecular formula is C17H22F6INO3. The van der Waals surface area contributed by atoms with Gasteiger partial charge in [0.1, 0.15) is 3.42 Å². The van der Waals surface area contributed by atoms with Gasteiger partial charge in [-0.3, -0.25) is 4.79 Å². The van der Waals surface area contributed by atoms with E-state index in [1.54, 1.807) is 6.92 Å². The van der Waals surface area contributed by atoms with Crippen LogP contribution >= 0.6 is 22.6 Å². The summed E-state index contributed by atoms with van der Waals surface area (Å²) >= 11 is 2.02. The second-order valence-corrected chi connectivity index (χ2v) is 10.7. The number of carbonyl (C=O) groups is 1. The monoisotopic (exact) mass is 529 g/mol. The van der Waals surface area contributed by atoms with Gasteiger partial charge in [0.05, 0.1) is 6.61 Å². The summed E-state index contributed by atoms with van der Waals surface area (Å²) in [6.07, 6.45) is -11.8. The molecule has 3 fully saturated rings. The number of hydrogen-bond acceptors (Lipinski definition) is 4. The first-order valence-corrected chi connectivity index (χ1v) is 10.2. The topological polar surface area (TPSA) is 68.5 Å². The molecule has 6 atom stereocenters. The maximum atomic E-state index is 12.9. The van der Waals surface area contributed by atoms with Crippen molar-refractivity contribution in [2.75, 3.05) is 13.2 Å². The molecule has 1 heterocycles. The fourth-order valence-corrected chi connectivity index (χ4v) is 5.24. The number of fused-ring (bicyclic) bond motifs is 2. The summed E-state index contributed by atoms with van der Waals surface area (Å²) in [4.78, 5) is 12.2. The molecule has 3 rings (SSSR count). The molecule has 0 aromatic heterocycles. The van der Waals surface area contributed by atoms with Gasteiger partial charge in [-0.15, -0.1) is 0 Å². The molecule has 0 radical (unpaired) electrons. The molecule has 2 aliphatic carbocycles. The molecule has 1 saturated heterocycles. The van der Waals surface area contributed by atoms with Crippen LogP contribution in [0.2, 0.25) is 0 Å². The second-order valence-electron chi connectivity index (χ2n) is 8.44. The smallest absolute Gasteiger partial charge is 0.426 e. The van der Waals surface area contributed by atoms with E-state index in [9.17, 15) is 36.2 Å². The lowest BCUT2D eigenvalue weighted by Crippen LogP contribution is -2.58. The summed E-state index contributed by atoms with van der Waals surface area (Å²) in [5, 5.41) is 12.5. The van der Waals surface area contributed by atoms with Crippen LogP contribution in [0.1, 0.15) is 32.6 Å². The van der Waals surface area contributed by atoms with Gasteiger partial charge in [0, 0.05) is 12.6 Å². The summed E-state index contributed by atoms with van der Waals surface area (Å²) in [7, 11) is 0. The second kappa shape index (κ2) is 7.14. The number of carbonyl (C=O) groups excluding carboxylic acids is 1. The molecule has 0 aromatic carbocycles. The van der Waals surface area contributed by atoms with Gasteiger partial charge in [0.25, 0.3) is 5.60 Å². The van der Waals surface area contributed by atoms with Crippen molar-refractivity contribution >= 4 is 28.6 Å². The third-order valence-electron chi connectivity index (χ3n) is 6.54. The molecule has 0 aromatic rings. The zero-order valence-electron chi connectivity index (χ0n) is 15.0. The van der Waals surface area contributed by atoms with Crippen LogP contribution in [-0.4, -0.2) is 51.6 Å². The van der Waals surface area contributed by atoms with Crippen LogP contribution in [0, 0.1) is 23.7 Å². The van der Waals surface area contributed by atoms with Gasteiger partial charge < -0.3 is 15.2 Å². The summed E-state index contributed by atoms with van der Waals surface area (Å²) in [5.41, 5.74) is -4.68. The Kier molecular flexibility index (Phi) is 5.71. The van der Waals surface area contributed by atoms with Gasteiger partial charge in [-0.25, -0.2) is 0 Å². The van der Waals surface area contributed by atoms with E-state index in [-0.39, 0.29) is 42.8 Å². The average Bonchev–Trinajstić information content (AvgIpc) is 3.25. The standard InChI is InChI=1S/C17H22F6INO3/c1-14(24,12-6-25-12)13(26)28-7-11-4-8-2-9(11)3-10(8)5-15(27,16(18,19)20)17(21,22)23/h8-12,25,27H,2-7H2,1H3/t8?,9?,10?,11?,12?,14-/m1/s1. The largest absolute Gasteiger partial charge is 0.464 e. The predicted octanol–water partition coefficient (Wildman–Crippen LogP) is 3.60. The minimum absolute atomic E-state index is 0.0485. The lowest BCUT2D eigenvalue weighted by molar-refractivity contribution is -0.373. The fourth-order valence-electron chi connectivity index (χ4n) is 4.65. The van der Waals surface area contributed by atoms with Gasteiger partial charge in [-0.05, 0) is 56.3 Å². The molecule has 4 nitrogen and oxygen atoms in total. The lowest BCUT2D eigenvalue weighted by atomic mass is 9.76. The van der Waals surface area contributed by atoms with Crippen molar-refractivity contribution in [2.24, 2.45) is 23.7 Å². The molecule has 162 valence electrons. The Hall–Kier alpha value is -0.300. The molecule has 28 heavy (non-hydrogen) atoms. The molecule has 5 unspecified atom stereocenters. The maximum absolute atomic E-state index is 12.9. The number of aliphatic hydroxyl groups is 1. The first-order valence-electron chi connectivity index (χ1n) is 9.12. The first kappa shape index (κ1) is 22.4. The summed E-state index contributed by atoms with van der Waals surface area (Å²) in [6.45, 7) is 2.61. The van der Waals surface area contributed by atoms with E-state index in [4.69, 9.17) is 4.74 Å². The SMILES string of the molecule is C[C@](I)(C(=O)OCC1CC2CC1CC2CC(O)(C(F)(F)F)C(F)(F)F)C1CN1. The van der Waals surface area contributed by atoms with Gasteiger partial charge in [0.15, 0.2) is 0 Å². The summed E-state index contributed by atoms with van der Waals surface area (Å²) in [6, 6.07) is 0.0485. The highest BCUT2D eigenvalue weighted by molar-refractivity contribution is 14.1. The third kappa shape index (κ3) is 3.99. The molecule has 11 heteroatoms. The fraction of sp³-hybridized carbons (Fsp3) is 0.941. The van der Waals surface area contributed by atoms with Crippen molar-refractivity contribution in [3.63, 3.8) is 0 Å².